The van der Waals surface area contributed by atoms with E-state index in [2.05, 4.69) is 19.9 Å². The molecule has 0 bridgehead atoms. The molecule has 3 aromatic heterocycles. The molecule has 0 aromatic carbocycles. The van der Waals surface area contributed by atoms with Gasteiger partial charge >= 0.3 is 5.65 Å². The Morgan fingerprint density at radius 2 is 2.31 bits per heavy atom. The standard InChI is InChI=1S/C10H10N6/c1-16-4-2-3-6(16)7-8-9(13-5-12-8)15-10(11)14-7/h2-5H,1H3,(H3,11,12,13,14,15)/p+1. The summed E-state index contributed by atoms with van der Waals surface area (Å²) in [6.45, 7) is 0. The van der Waals surface area contributed by atoms with Crippen molar-refractivity contribution < 1.29 is 4.98 Å². The summed E-state index contributed by atoms with van der Waals surface area (Å²) >= 11 is 0. The minimum Gasteiger partial charge on any atom is -0.354 e. The number of anilines is 1. The van der Waals surface area contributed by atoms with Crippen molar-refractivity contribution in [2.24, 2.45) is 7.05 Å². The highest BCUT2D eigenvalue weighted by molar-refractivity contribution is 5.84. The largest absolute Gasteiger partial charge is 0.354 e. The van der Waals surface area contributed by atoms with Crippen LogP contribution in [0.2, 0.25) is 0 Å². The number of aromatic amines is 2. The molecule has 16 heavy (non-hydrogen) atoms. The Morgan fingerprint density at radius 3 is 3.06 bits per heavy atom. The summed E-state index contributed by atoms with van der Waals surface area (Å²) in [5.74, 6) is 0.263. The van der Waals surface area contributed by atoms with E-state index in [1.165, 1.54) is 0 Å². The number of aryl methyl sites for hydroxylation is 1. The molecule has 3 heterocycles. The Balaban J connectivity index is 2.38. The third-order valence-electron chi connectivity index (χ3n) is 2.54. The first-order valence-electron chi connectivity index (χ1n) is 4.89. The lowest BCUT2D eigenvalue weighted by atomic mass is 10.2. The zero-order valence-corrected chi connectivity index (χ0v) is 8.73. The third kappa shape index (κ3) is 1.16. The number of nitrogen functional groups attached to an aromatic ring is 1. The van der Waals surface area contributed by atoms with Gasteiger partial charge in [0, 0.05) is 13.2 Å². The summed E-state index contributed by atoms with van der Waals surface area (Å²) in [5.41, 5.74) is 9.04. The summed E-state index contributed by atoms with van der Waals surface area (Å²) in [4.78, 5) is 14.4. The topological polar surface area (TPSA) is 86.7 Å². The number of hydrogen-bond donors (Lipinski definition) is 2. The van der Waals surface area contributed by atoms with Crippen LogP contribution in [0, 0.1) is 0 Å². The van der Waals surface area contributed by atoms with Gasteiger partial charge in [0.05, 0.1) is 5.69 Å². The molecule has 0 radical (unpaired) electrons. The second-order valence-electron chi connectivity index (χ2n) is 3.59. The van der Waals surface area contributed by atoms with Gasteiger partial charge in [-0.1, -0.05) is 4.98 Å². The van der Waals surface area contributed by atoms with Crippen LogP contribution in [0.3, 0.4) is 0 Å². The molecule has 0 saturated carbocycles. The normalized spacial score (nSPS) is 11.1. The van der Waals surface area contributed by atoms with Gasteiger partial charge in [-0.15, -0.1) is 0 Å². The zero-order valence-electron chi connectivity index (χ0n) is 8.73. The maximum absolute atomic E-state index is 5.67. The van der Waals surface area contributed by atoms with Crippen molar-refractivity contribution in [3.05, 3.63) is 24.7 Å². The second kappa shape index (κ2) is 3.06. The van der Waals surface area contributed by atoms with E-state index in [4.69, 9.17) is 5.73 Å². The van der Waals surface area contributed by atoms with Crippen LogP contribution in [0.4, 0.5) is 5.95 Å². The number of fused-ring (bicyclic) bond motifs is 1. The van der Waals surface area contributed by atoms with E-state index in [0.29, 0.717) is 5.65 Å². The van der Waals surface area contributed by atoms with Gasteiger partial charge in [-0.3, -0.25) is 4.98 Å². The molecular weight excluding hydrogens is 204 g/mol. The van der Waals surface area contributed by atoms with Crippen molar-refractivity contribution >= 4 is 17.1 Å². The lowest BCUT2D eigenvalue weighted by Gasteiger charge is -2.01. The predicted octanol–water partition coefficient (Wildman–Crippen LogP) is 0.360. The summed E-state index contributed by atoms with van der Waals surface area (Å²) in [6.07, 6.45) is 3.68. The minimum atomic E-state index is 0.263. The average molecular weight is 215 g/mol. The monoisotopic (exact) mass is 215 g/mol. The molecule has 4 N–H and O–H groups in total. The molecule has 0 spiro atoms. The highest BCUT2D eigenvalue weighted by Crippen LogP contribution is 2.23. The third-order valence-corrected chi connectivity index (χ3v) is 2.54. The van der Waals surface area contributed by atoms with Crippen LogP contribution >= 0.6 is 0 Å². The molecule has 3 aromatic rings. The number of nitrogens with zero attached hydrogens (tertiary/aromatic N) is 3. The van der Waals surface area contributed by atoms with E-state index >= 15 is 0 Å². The molecule has 0 unspecified atom stereocenters. The van der Waals surface area contributed by atoms with Crippen molar-refractivity contribution in [2.75, 3.05) is 5.73 Å². The predicted molar refractivity (Wildman–Crippen MR) is 59.3 cm³/mol. The zero-order chi connectivity index (χ0) is 11.1. The number of nitrogens with one attached hydrogen (secondary N) is 2. The summed E-state index contributed by atoms with van der Waals surface area (Å²) in [7, 11) is 1.96. The molecule has 0 fully saturated rings. The Kier molecular flexibility index (Phi) is 1.70. The van der Waals surface area contributed by atoms with Crippen molar-refractivity contribution in [2.45, 2.75) is 0 Å². The highest BCUT2D eigenvalue weighted by Gasteiger charge is 2.17. The van der Waals surface area contributed by atoms with Gasteiger partial charge in [0.2, 0.25) is 5.52 Å². The number of rotatable bonds is 1. The van der Waals surface area contributed by atoms with E-state index in [0.717, 1.165) is 16.9 Å². The molecule has 0 amide bonds. The fourth-order valence-electron chi connectivity index (χ4n) is 1.79. The van der Waals surface area contributed by atoms with Gasteiger partial charge in [0.25, 0.3) is 5.95 Å². The Morgan fingerprint density at radius 1 is 1.44 bits per heavy atom. The van der Waals surface area contributed by atoms with Crippen LogP contribution in [0.25, 0.3) is 22.6 Å². The van der Waals surface area contributed by atoms with Crippen LogP contribution in [0.5, 0.6) is 0 Å². The van der Waals surface area contributed by atoms with Gasteiger partial charge in [0.15, 0.2) is 6.33 Å². The lowest BCUT2D eigenvalue weighted by molar-refractivity contribution is -0.347. The van der Waals surface area contributed by atoms with Crippen LogP contribution in [-0.2, 0) is 7.05 Å². The van der Waals surface area contributed by atoms with E-state index in [9.17, 15) is 0 Å². The summed E-state index contributed by atoms with van der Waals surface area (Å²) in [5, 5.41) is 0. The average Bonchev–Trinajstić information content (AvgIpc) is 2.84. The number of aromatic nitrogens is 5. The second-order valence-corrected chi connectivity index (χ2v) is 3.59. The van der Waals surface area contributed by atoms with E-state index in [-0.39, 0.29) is 5.95 Å². The van der Waals surface area contributed by atoms with Gasteiger partial charge in [-0.05, 0) is 12.1 Å². The van der Waals surface area contributed by atoms with Gasteiger partial charge in [-0.25, -0.2) is 4.98 Å². The SMILES string of the molecule is Cn1cccc1-c1nc(N)nc2[nH+]c[nH]c12. The van der Waals surface area contributed by atoms with Crippen molar-refractivity contribution in [3.63, 3.8) is 0 Å². The molecule has 0 aliphatic heterocycles. The molecule has 0 aliphatic carbocycles. The number of imidazole rings is 1. The molecule has 0 saturated heterocycles. The maximum atomic E-state index is 5.67. The number of H-pyrrole nitrogens is 2. The lowest BCUT2D eigenvalue weighted by Crippen LogP contribution is -2.04. The summed E-state index contributed by atoms with van der Waals surface area (Å²) < 4.78 is 1.99. The smallest absolute Gasteiger partial charge is 0.305 e. The highest BCUT2D eigenvalue weighted by atomic mass is 15.1. The molecule has 6 nitrogen and oxygen atoms in total. The quantitative estimate of drug-likeness (QED) is 0.614. The van der Waals surface area contributed by atoms with Gasteiger partial charge in [0.1, 0.15) is 5.69 Å². The Hall–Kier alpha value is -2.37. The van der Waals surface area contributed by atoms with Crippen LogP contribution in [0.15, 0.2) is 24.7 Å². The van der Waals surface area contributed by atoms with Crippen LogP contribution in [0.1, 0.15) is 0 Å². The van der Waals surface area contributed by atoms with E-state index in [1.54, 1.807) is 6.33 Å². The molecule has 6 heteroatoms. The van der Waals surface area contributed by atoms with Crippen molar-refractivity contribution in [3.8, 4) is 11.4 Å². The molecule has 0 aliphatic rings. The van der Waals surface area contributed by atoms with E-state index < -0.39 is 0 Å². The molecule has 3 rings (SSSR count). The van der Waals surface area contributed by atoms with Gasteiger partial charge < -0.3 is 10.3 Å². The fraction of sp³-hybridized carbons (Fsp3) is 0.100. The van der Waals surface area contributed by atoms with Crippen LogP contribution < -0.4 is 10.7 Å². The summed E-state index contributed by atoms with van der Waals surface area (Å²) in [6, 6.07) is 3.95. The minimum absolute atomic E-state index is 0.263. The van der Waals surface area contributed by atoms with Crippen LogP contribution in [-0.4, -0.2) is 19.5 Å². The maximum Gasteiger partial charge on any atom is 0.305 e. The molecule has 80 valence electrons. The fourth-order valence-corrected chi connectivity index (χ4v) is 1.79. The van der Waals surface area contributed by atoms with Gasteiger partial charge in [-0.2, -0.15) is 4.98 Å². The van der Waals surface area contributed by atoms with E-state index in [1.807, 2.05) is 29.9 Å². The van der Waals surface area contributed by atoms with Crippen molar-refractivity contribution in [1.29, 1.82) is 0 Å². The van der Waals surface area contributed by atoms with Crippen molar-refractivity contribution in [1.82, 2.24) is 19.5 Å². The first-order valence-corrected chi connectivity index (χ1v) is 4.89. The number of nitrogens with two attached hydrogens (primary N) is 1. The molecular formula is C10H11N6+. The first kappa shape index (κ1) is 8.90. The first-order chi connectivity index (χ1) is 7.75. The Bertz CT molecular complexity index is 650. The number of hydrogen-bond acceptors (Lipinski definition) is 3. The Labute approximate surface area is 91.2 Å². The molecule has 0 atom stereocenters.